The highest BCUT2D eigenvalue weighted by Gasteiger charge is 2.05. The van der Waals surface area contributed by atoms with Gasteiger partial charge in [0.1, 0.15) is 11.6 Å². The van der Waals surface area contributed by atoms with Crippen LogP contribution in [0.2, 0.25) is 5.02 Å². The van der Waals surface area contributed by atoms with Crippen molar-refractivity contribution in [3.8, 4) is 17.1 Å². The summed E-state index contributed by atoms with van der Waals surface area (Å²) in [6, 6.07) is 12.9. The van der Waals surface area contributed by atoms with Gasteiger partial charge in [-0.25, -0.2) is 4.98 Å². The Morgan fingerprint density at radius 2 is 1.89 bits per heavy atom. The van der Waals surface area contributed by atoms with Crippen LogP contribution in [-0.2, 0) is 0 Å². The lowest BCUT2D eigenvalue weighted by Crippen LogP contribution is -1.82. The van der Waals surface area contributed by atoms with Crippen molar-refractivity contribution in [2.45, 2.75) is 0 Å². The highest BCUT2D eigenvalue weighted by atomic mass is 35.5. The molecule has 0 atom stereocenters. The van der Waals surface area contributed by atoms with Crippen molar-refractivity contribution in [3.05, 3.63) is 54.6 Å². The maximum absolute atomic E-state index is 5.94. The number of ether oxygens (including phenoxy) is 1. The van der Waals surface area contributed by atoms with Crippen LogP contribution < -0.4 is 4.74 Å². The van der Waals surface area contributed by atoms with E-state index < -0.39 is 0 Å². The number of halogens is 1. The van der Waals surface area contributed by atoms with Gasteiger partial charge in [0, 0.05) is 10.6 Å². The molecule has 2 aromatic carbocycles. The fourth-order valence-corrected chi connectivity index (χ4v) is 1.98. The molecule has 1 aromatic heterocycles. The summed E-state index contributed by atoms with van der Waals surface area (Å²) < 4.78 is 4.63. The number of aromatic nitrogens is 2. The molecular weight excluding hydrogens is 248 g/mol. The van der Waals surface area contributed by atoms with Crippen LogP contribution >= 0.6 is 11.6 Å². The van der Waals surface area contributed by atoms with Gasteiger partial charge >= 0.3 is 0 Å². The molecule has 4 heteroatoms. The van der Waals surface area contributed by atoms with Crippen LogP contribution in [0.25, 0.3) is 22.4 Å². The van der Waals surface area contributed by atoms with E-state index in [1.807, 2.05) is 30.3 Å². The highest BCUT2D eigenvalue weighted by molar-refractivity contribution is 6.31. The topological polar surface area (TPSA) is 37.9 Å². The number of nitrogens with zero attached hydrogens (tertiary/aromatic N) is 1. The van der Waals surface area contributed by atoms with E-state index in [-0.39, 0.29) is 0 Å². The van der Waals surface area contributed by atoms with E-state index in [0.717, 1.165) is 22.4 Å². The Morgan fingerprint density at radius 1 is 1.11 bits per heavy atom. The van der Waals surface area contributed by atoms with Crippen molar-refractivity contribution >= 4 is 22.6 Å². The zero-order valence-electron chi connectivity index (χ0n) is 9.35. The second-order valence-corrected chi connectivity index (χ2v) is 4.33. The Morgan fingerprint density at radius 3 is 2.61 bits per heavy atom. The number of hydrogen-bond donors (Lipinski definition) is 1. The van der Waals surface area contributed by atoms with E-state index >= 15 is 0 Å². The lowest BCUT2D eigenvalue weighted by Gasteiger charge is -1.99. The van der Waals surface area contributed by atoms with E-state index in [4.69, 9.17) is 18.7 Å². The zero-order valence-corrected chi connectivity index (χ0v) is 10.1. The summed E-state index contributed by atoms with van der Waals surface area (Å²) in [4.78, 5) is 7.72. The third-order valence-electron chi connectivity index (χ3n) is 2.71. The van der Waals surface area contributed by atoms with Crippen LogP contribution in [0.4, 0.5) is 0 Å². The third-order valence-corrected chi connectivity index (χ3v) is 2.94. The molecule has 0 unspecified atom stereocenters. The molecule has 3 nitrogen and oxygen atoms in total. The van der Waals surface area contributed by atoms with E-state index in [9.17, 15) is 0 Å². The van der Waals surface area contributed by atoms with Crippen molar-refractivity contribution in [1.29, 1.82) is 0 Å². The van der Waals surface area contributed by atoms with Crippen LogP contribution in [0, 0.1) is 7.11 Å². The Hall–Kier alpha value is -2.00. The van der Waals surface area contributed by atoms with E-state index in [0.29, 0.717) is 10.8 Å². The molecule has 1 N–H and O–H groups in total. The van der Waals surface area contributed by atoms with Gasteiger partial charge in [-0.3, -0.25) is 0 Å². The third kappa shape index (κ3) is 1.93. The molecule has 0 spiro atoms. The van der Waals surface area contributed by atoms with Gasteiger partial charge in [-0.1, -0.05) is 11.6 Å². The Kier molecular flexibility index (Phi) is 2.68. The Labute approximate surface area is 109 Å². The number of benzene rings is 2. The molecule has 0 aliphatic heterocycles. The Bertz CT molecular complexity index is 689. The smallest absolute Gasteiger partial charge is 0.180 e. The molecule has 0 saturated heterocycles. The van der Waals surface area contributed by atoms with Gasteiger partial charge in [-0.05, 0) is 42.5 Å². The molecule has 1 heterocycles. The maximum atomic E-state index is 5.94. The van der Waals surface area contributed by atoms with Gasteiger partial charge in [0.05, 0.1) is 11.0 Å². The minimum atomic E-state index is 0.609. The van der Waals surface area contributed by atoms with Crippen molar-refractivity contribution < 1.29 is 4.74 Å². The summed E-state index contributed by atoms with van der Waals surface area (Å²) in [5.74, 6) is 1.40. The lowest BCUT2D eigenvalue weighted by atomic mass is 10.2. The van der Waals surface area contributed by atoms with E-state index in [1.54, 1.807) is 12.1 Å². The number of imidazole rings is 1. The predicted octanol–water partition coefficient (Wildman–Crippen LogP) is 3.93. The molecule has 0 fully saturated rings. The van der Waals surface area contributed by atoms with Gasteiger partial charge in [-0.15, -0.1) is 0 Å². The van der Waals surface area contributed by atoms with Crippen LogP contribution in [0.1, 0.15) is 0 Å². The first-order valence-electron chi connectivity index (χ1n) is 5.39. The van der Waals surface area contributed by atoms with Gasteiger partial charge in [0.15, 0.2) is 7.11 Å². The SMILES string of the molecule is [CH]Oc1ccc(-c2nc3ccc(Cl)cc3[nH]2)cc1. The van der Waals surface area contributed by atoms with Crippen molar-refractivity contribution in [2.24, 2.45) is 0 Å². The van der Waals surface area contributed by atoms with Crippen LogP contribution in [0.5, 0.6) is 5.75 Å². The summed E-state index contributed by atoms with van der Waals surface area (Å²) >= 11 is 5.94. The first-order chi connectivity index (χ1) is 8.76. The quantitative estimate of drug-likeness (QED) is 0.754. The molecule has 3 rings (SSSR count). The first kappa shape index (κ1) is 11.1. The second kappa shape index (κ2) is 4.35. The number of fused-ring (bicyclic) bond motifs is 1. The maximum Gasteiger partial charge on any atom is 0.180 e. The fourth-order valence-electron chi connectivity index (χ4n) is 1.81. The van der Waals surface area contributed by atoms with Crippen molar-refractivity contribution in [2.75, 3.05) is 0 Å². The number of hydrogen-bond acceptors (Lipinski definition) is 2. The normalized spacial score (nSPS) is 10.8. The standard InChI is InChI=1S/C14H9ClN2O/c1-18-11-5-2-9(3-6-11)14-16-12-7-4-10(15)8-13(12)17-14/h1-8H,(H,16,17). The van der Waals surface area contributed by atoms with Crippen LogP contribution in [-0.4, -0.2) is 9.97 Å². The number of rotatable bonds is 2. The lowest BCUT2D eigenvalue weighted by molar-refractivity contribution is 0.473. The highest BCUT2D eigenvalue weighted by Crippen LogP contribution is 2.24. The molecule has 3 aromatic rings. The second-order valence-electron chi connectivity index (χ2n) is 3.89. The minimum absolute atomic E-state index is 0.609. The van der Waals surface area contributed by atoms with Crippen molar-refractivity contribution in [1.82, 2.24) is 9.97 Å². The average Bonchev–Trinajstić information content (AvgIpc) is 2.81. The van der Waals surface area contributed by atoms with Gasteiger partial charge in [-0.2, -0.15) is 0 Å². The molecule has 0 amide bonds. The number of nitrogens with one attached hydrogen (secondary N) is 1. The largest absolute Gasteiger partial charge is 0.482 e. The van der Waals surface area contributed by atoms with Crippen molar-refractivity contribution in [3.63, 3.8) is 0 Å². The Balaban J connectivity index is 2.07. The molecule has 0 aliphatic rings. The summed E-state index contributed by atoms with van der Waals surface area (Å²) in [7, 11) is 5.08. The first-order valence-corrected chi connectivity index (χ1v) is 5.76. The number of aromatic amines is 1. The molecule has 88 valence electrons. The molecule has 18 heavy (non-hydrogen) atoms. The number of H-pyrrole nitrogens is 1. The van der Waals surface area contributed by atoms with Gasteiger partial charge < -0.3 is 9.72 Å². The van der Waals surface area contributed by atoms with Crippen LogP contribution in [0.15, 0.2) is 42.5 Å². The minimum Gasteiger partial charge on any atom is -0.482 e. The molecule has 0 saturated carbocycles. The molecule has 0 bridgehead atoms. The summed E-state index contributed by atoms with van der Waals surface area (Å²) in [5.41, 5.74) is 2.76. The van der Waals surface area contributed by atoms with Crippen LogP contribution in [0.3, 0.4) is 0 Å². The summed E-state index contributed by atoms with van der Waals surface area (Å²) in [5, 5.41) is 0.685. The van der Waals surface area contributed by atoms with E-state index in [1.165, 1.54) is 0 Å². The fraction of sp³-hybridized carbons (Fsp3) is 0. The summed E-state index contributed by atoms with van der Waals surface area (Å²) in [6.45, 7) is 0. The zero-order chi connectivity index (χ0) is 12.5. The molecular formula is C14H9ClN2O. The van der Waals surface area contributed by atoms with Gasteiger partial charge in [0.2, 0.25) is 0 Å². The summed E-state index contributed by atoms with van der Waals surface area (Å²) in [6.07, 6.45) is 0. The molecule has 0 aliphatic carbocycles. The monoisotopic (exact) mass is 256 g/mol. The predicted molar refractivity (Wildman–Crippen MR) is 71.5 cm³/mol. The average molecular weight is 257 g/mol. The van der Waals surface area contributed by atoms with E-state index in [2.05, 4.69) is 14.7 Å². The molecule has 2 radical (unpaired) electrons. The van der Waals surface area contributed by atoms with Gasteiger partial charge in [0.25, 0.3) is 0 Å².